The van der Waals surface area contributed by atoms with E-state index in [1.165, 1.54) is 12.3 Å². The zero-order chi connectivity index (χ0) is 16.8. The molecule has 1 heterocycles. The maximum atomic E-state index is 12.2. The van der Waals surface area contributed by atoms with Crippen LogP contribution in [0.15, 0.2) is 12.3 Å². The van der Waals surface area contributed by atoms with Gasteiger partial charge in [-0.25, -0.2) is 0 Å². The number of amides is 2. The normalized spacial score (nSPS) is 23.2. The Morgan fingerprint density at radius 2 is 2.00 bits per heavy atom. The molecule has 0 aromatic carbocycles. The first-order valence-electron chi connectivity index (χ1n) is 7.35. The molecule has 1 rings (SSSR count). The van der Waals surface area contributed by atoms with Crippen molar-refractivity contribution in [2.45, 2.75) is 46.0 Å². The van der Waals surface area contributed by atoms with Crippen LogP contribution in [0.2, 0.25) is 0 Å². The molecule has 0 saturated carbocycles. The average molecular weight is 314 g/mol. The molecule has 1 aliphatic heterocycles. The van der Waals surface area contributed by atoms with E-state index in [-0.39, 0.29) is 18.4 Å². The highest BCUT2D eigenvalue weighted by Gasteiger charge is 2.45. The predicted molar refractivity (Wildman–Crippen MR) is 80.7 cm³/mol. The van der Waals surface area contributed by atoms with Crippen molar-refractivity contribution in [3.05, 3.63) is 12.3 Å². The molecule has 1 atom stereocenters. The van der Waals surface area contributed by atoms with E-state index in [4.69, 9.17) is 14.6 Å². The van der Waals surface area contributed by atoms with Gasteiger partial charge in [-0.1, -0.05) is 13.8 Å². The van der Waals surface area contributed by atoms with Gasteiger partial charge in [0, 0.05) is 30.8 Å². The van der Waals surface area contributed by atoms with Gasteiger partial charge in [0.15, 0.2) is 5.79 Å². The molecule has 2 amide bonds. The highest BCUT2D eigenvalue weighted by atomic mass is 16.7. The minimum Gasteiger partial charge on any atom is -0.396 e. The number of hydrogen-bond acceptors (Lipinski definition) is 5. The van der Waals surface area contributed by atoms with Crippen molar-refractivity contribution in [2.24, 2.45) is 5.41 Å². The summed E-state index contributed by atoms with van der Waals surface area (Å²) in [5, 5.41) is 13.7. The largest absolute Gasteiger partial charge is 0.396 e. The summed E-state index contributed by atoms with van der Waals surface area (Å²) in [6, 6.07) is 0. The summed E-state index contributed by atoms with van der Waals surface area (Å²) >= 11 is 0. The lowest BCUT2D eigenvalue weighted by Gasteiger charge is -2.44. The highest BCUT2D eigenvalue weighted by Crippen LogP contribution is 2.34. The number of aliphatic hydroxyl groups is 1. The Kier molecular flexibility index (Phi) is 6.52. The highest BCUT2D eigenvalue weighted by molar-refractivity contribution is 5.89. The van der Waals surface area contributed by atoms with Crippen LogP contribution in [0.3, 0.4) is 0 Å². The molecule has 1 fully saturated rings. The summed E-state index contributed by atoms with van der Waals surface area (Å²) in [5.41, 5.74) is -0.461. The predicted octanol–water partition coefficient (Wildman–Crippen LogP) is 0.293. The molecule has 1 aliphatic rings. The van der Waals surface area contributed by atoms with Crippen molar-refractivity contribution in [2.75, 3.05) is 19.8 Å². The lowest BCUT2D eigenvalue weighted by Crippen LogP contribution is -2.55. The van der Waals surface area contributed by atoms with Gasteiger partial charge >= 0.3 is 0 Å². The molecule has 7 heteroatoms. The van der Waals surface area contributed by atoms with Gasteiger partial charge in [0.05, 0.1) is 6.61 Å². The lowest BCUT2D eigenvalue weighted by molar-refractivity contribution is -0.303. The number of ether oxygens (including phenoxy) is 2. The molecule has 0 aromatic heterocycles. The number of rotatable bonds is 6. The van der Waals surface area contributed by atoms with Gasteiger partial charge in [-0.05, 0) is 20.3 Å². The fourth-order valence-corrected chi connectivity index (χ4v) is 1.95. The molecule has 126 valence electrons. The molecule has 0 aromatic rings. The van der Waals surface area contributed by atoms with Crippen LogP contribution in [0.5, 0.6) is 0 Å². The molecular weight excluding hydrogens is 288 g/mol. The average Bonchev–Trinajstić information content (AvgIpc) is 2.42. The van der Waals surface area contributed by atoms with E-state index in [9.17, 15) is 9.59 Å². The number of carbonyl (C=O) groups excluding carboxylic acids is 2. The lowest BCUT2D eigenvalue weighted by atomic mass is 9.85. The molecule has 22 heavy (non-hydrogen) atoms. The minimum absolute atomic E-state index is 0.0205. The maximum absolute atomic E-state index is 12.2. The van der Waals surface area contributed by atoms with Crippen molar-refractivity contribution >= 4 is 11.8 Å². The second-order valence-electron chi connectivity index (χ2n) is 6.39. The topological polar surface area (TPSA) is 96.9 Å². The Morgan fingerprint density at radius 1 is 1.32 bits per heavy atom. The van der Waals surface area contributed by atoms with Crippen LogP contribution < -0.4 is 10.6 Å². The van der Waals surface area contributed by atoms with E-state index in [2.05, 4.69) is 10.6 Å². The molecule has 1 unspecified atom stereocenters. The van der Waals surface area contributed by atoms with Crippen molar-refractivity contribution in [3.63, 3.8) is 0 Å². The van der Waals surface area contributed by atoms with Gasteiger partial charge in [-0.3, -0.25) is 9.59 Å². The SMILES string of the molecule is CC1(C)OCC(C)(C)C(C(=O)N/C=C\C(=O)NCCCO)O1. The Balaban J connectivity index is 2.51. The van der Waals surface area contributed by atoms with E-state index < -0.39 is 17.3 Å². The third-order valence-corrected chi connectivity index (χ3v) is 3.24. The molecule has 0 spiro atoms. The van der Waals surface area contributed by atoms with E-state index in [1.807, 2.05) is 13.8 Å². The van der Waals surface area contributed by atoms with Gasteiger partial charge < -0.3 is 25.2 Å². The monoisotopic (exact) mass is 314 g/mol. The third-order valence-electron chi connectivity index (χ3n) is 3.24. The summed E-state index contributed by atoms with van der Waals surface area (Å²) in [5.74, 6) is -1.47. The summed E-state index contributed by atoms with van der Waals surface area (Å²) in [7, 11) is 0. The first-order valence-corrected chi connectivity index (χ1v) is 7.35. The molecule has 0 aliphatic carbocycles. The van der Waals surface area contributed by atoms with Crippen LogP contribution >= 0.6 is 0 Å². The Hall–Kier alpha value is -1.44. The van der Waals surface area contributed by atoms with Gasteiger partial charge in [0.1, 0.15) is 6.10 Å². The van der Waals surface area contributed by atoms with Crippen molar-refractivity contribution < 1.29 is 24.2 Å². The van der Waals surface area contributed by atoms with Crippen LogP contribution in [0.25, 0.3) is 0 Å². The number of carbonyl (C=O) groups is 2. The molecule has 0 radical (unpaired) electrons. The van der Waals surface area contributed by atoms with Crippen LogP contribution in [0.1, 0.15) is 34.1 Å². The molecule has 1 saturated heterocycles. The zero-order valence-corrected chi connectivity index (χ0v) is 13.6. The Bertz CT molecular complexity index is 432. The number of hydrogen-bond donors (Lipinski definition) is 3. The van der Waals surface area contributed by atoms with Crippen molar-refractivity contribution in [1.82, 2.24) is 10.6 Å². The summed E-state index contributed by atoms with van der Waals surface area (Å²) in [6.07, 6.45) is 2.34. The van der Waals surface area contributed by atoms with Crippen molar-refractivity contribution in [1.29, 1.82) is 0 Å². The smallest absolute Gasteiger partial charge is 0.253 e. The van der Waals surface area contributed by atoms with E-state index in [0.717, 1.165) is 0 Å². The number of aliphatic hydroxyl groups excluding tert-OH is 1. The molecule has 7 nitrogen and oxygen atoms in total. The number of nitrogens with one attached hydrogen (secondary N) is 2. The first kappa shape index (κ1) is 18.6. The molecule has 0 bridgehead atoms. The summed E-state index contributed by atoms with van der Waals surface area (Å²) < 4.78 is 11.2. The summed E-state index contributed by atoms with van der Waals surface area (Å²) in [6.45, 7) is 8.10. The fourth-order valence-electron chi connectivity index (χ4n) is 1.95. The van der Waals surface area contributed by atoms with Crippen LogP contribution in [-0.2, 0) is 19.1 Å². The van der Waals surface area contributed by atoms with Gasteiger partial charge in [-0.15, -0.1) is 0 Å². The summed E-state index contributed by atoms with van der Waals surface area (Å²) in [4.78, 5) is 23.7. The van der Waals surface area contributed by atoms with Crippen LogP contribution in [-0.4, -0.2) is 48.6 Å². The third kappa shape index (κ3) is 5.75. The van der Waals surface area contributed by atoms with Crippen LogP contribution in [0.4, 0.5) is 0 Å². The Labute approximate surface area is 131 Å². The molecular formula is C15H26N2O5. The van der Waals surface area contributed by atoms with E-state index in [1.54, 1.807) is 13.8 Å². The first-order chi connectivity index (χ1) is 10.2. The second kappa shape index (κ2) is 7.71. The second-order valence-corrected chi connectivity index (χ2v) is 6.39. The van der Waals surface area contributed by atoms with E-state index in [0.29, 0.717) is 19.6 Å². The minimum atomic E-state index is -0.817. The Morgan fingerprint density at radius 3 is 2.64 bits per heavy atom. The molecule has 3 N–H and O–H groups in total. The maximum Gasteiger partial charge on any atom is 0.253 e. The van der Waals surface area contributed by atoms with Crippen molar-refractivity contribution in [3.8, 4) is 0 Å². The standard InChI is InChI=1S/C15H26N2O5/c1-14(2)10-21-15(3,4)22-12(14)13(20)17-8-6-11(19)16-7-5-9-18/h6,8,12,18H,5,7,9-10H2,1-4H3,(H,16,19)(H,17,20)/b8-6-. The van der Waals surface area contributed by atoms with Gasteiger partial charge in [0.25, 0.3) is 5.91 Å². The van der Waals surface area contributed by atoms with Gasteiger partial charge in [-0.2, -0.15) is 0 Å². The van der Waals surface area contributed by atoms with Crippen LogP contribution in [0, 0.1) is 5.41 Å². The fraction of sp³-hybridized carbons (Fsp3) is 0.733. The van der Waals surface area contributed by atoms with E-state index >= 15 is 0 Å². The van der Waals surface area contributed by atoms with Gasteiger partial charge in [0.2, 0.25) is 5.91 Å². The quantitative estimate of drug-likeness (QED) is 0.484. The zero-order valence-electron chi connectivity index (χ0n) is 13.6.